The lowest BCUT2D eigenvalue weighted by molar-refractivity contribution is -0.116. The van der Waals surface area contributed by atoms with E-state index in [0.29, 0.717) is 0 Å². The molecular weight excluding hydrogens is 228 g/mol. The highest BCUT2D eigenvalue weighted by Gasteiger charge is 2.26. The Balaban J connectivity index is 1.95. The quantitative estimate of drug-likeness (QED) is 0.751. The minimum absolute atomic E-state index is 0.132. The van der Waals surface area contributed by atoms with Gasteiger partial charge in [-0.2, -0.15) is 0 Å². The Labute approximate surface area is 107 Å². The molecule has 4 heteroatoms. The summed E-state index contributed by atoms with van der Waals surface area (Å²) in [6.45, 7) is 5.91. The summed E-state index contributed by atoms with van der Waals surface area (Å²) in [5, 5.41) is 0. The van der Waals surface area contributed by atoms with Gasteiger partial charge in [-0.3, -0.25) is 4.79 Å². The Bertz CT molecular complexity index is 467. The van der Waals surface area contributed by atoms with E-state index in [1.807, 2.05) is 17.0 Å². The van der Waals surface area contributed by atoms with Gasteiger partial charge in [-0.25, -0.2) is 0 Å². The standard InChI is InChI=1S/C14H18N2O2/c1-11(17)16-6-5-12-13(3-2-4-14(12)16)15-7-9-18-10-8-15/h2-4H,5-10H2,1H3. The van der Waals surface area contributed by atoms with Crippen LogP contribution in [0.4, 0.5) is 11.4 Å². The number of anilines is 2. The zero-order valence-corrected chi connectivity index (χ0v) is 10.7. The molecule has 1 saturated heterocycles. The Morgan fingerprint density at radius 1 is 1.17 bits per heavy atom. The largest absolute Gasteiger partial charge is 0.378 e. The molecule has 1 amide bonds. The molecule has 4 nitrogen and oxygen atoms in total. The number of ether oxygens (including phenoxy) is 1. The second-order valence-corrected chi connectivity index (χ2v) is 4.79. The molecule has 0 aromatic heterocycles. The molecule has 1 aromatic carbocycles. The maximum absolute atomic E-state index is 11.6. The summed E-state index contributed by atoms with van der Waals surface area (Å²) < 4.78 is 5.39. The molecular formula is C14H18N2O2. The Kier molecular flexibility index (Phi) is 2.96. The van der Waals surface area contributed by atoms with Gasteiger partial charge in [0.15, 0.2) is 0 Å². The van der Waals surface area contributed by atoms with Crippen molar-refractivity contribution < 1.29 is 9.53 Å². The van der Waals surface area contributed by atoms with Gasteiger partial charge in [0.1, 0.15) is 0 Å². The zero-order chi connectivity index (χ0) is 12.5. The van der Waals surface area contributed by atoms with Crippen LogP contribution in [0.15, 0.2) is 18.2 Å². The van der Waals surface area contributed by atoms with Gasteiger partial charge in [0.2, 0.25) is 5.91 Å². The van der Waals surface area contributed by atoms with Crippen LogP contribution in [0.2, 0.25) is 0 Å². The third-order valence-electron chi connectivity index (χ3n) is 3.73. The molecule has 0 N–H and O–H groups in total. The predicted molar refractivity (Wildman–Crippen MR) is 71.2 cm³/mol. The topological polar surface area (TPSA) is 32.8 Å². The molecule has 0 unspecified atom stereocenters. The van der Waals surface area contributed by atoms with Crippen molar-refractivity contribution in [3.05, 3.63) is 23.8 Å². The molecule has 1 aromatic rings. The van der Waals surface area contributed by atoms with Gasteiger partial charge in [0, 0.05) is 43.5 Å². The first-order chi connectivity index (χ1) is 8.77. The van der Waals surface area contributed by atoms with E-state index in [1.165, 1.54) is 11.3 Å². The van der Waals surface area contributed by atoms with Gasteiger partial charge < -0.3 is 14.5 Å². The zero-order valence-electron chi connectivity index (χ0n) is 10.7. The van der Waals surface area contributed by atoms with Crippen LogP contribution in [-0.4, -0.2) is 38.8 Å². The van der Waals surface area contributed by atoms with Crippen molar-refractivity contribution in [1.82, 2.24) is 0 Å². The molecule has 0 bridgehead atoms. The van der Waals surface area contributed by atoms with Crippen molar-refractivity contribution >= 4 is 17.3 Å². The molecule has 2 aliphatic rings. The van der Waals surface area contributed by atoms with Crippen LogP contribution in [0, 0.1) is 0 Å². The highest BCUT2D eigenvalue weighted by Crippen LogP contribution is 2.35. The second-order valence-electron chi connectivity index (χ2n) is 4.79. The van der Waals surface area contributed by atoms with E-state index >= 15 is 0 Å². The van der Waals surface area contributed by atoms with E-state index in [2.05, 4.69) is 11.0 Å². The fourth-order valence-corrected chi connectivity index (χ4v) is 2.84. The Morgan fingerprint density at radius 2 is 1.89 bits per heavy atom. The number of morpholine rings is 1. The van der Waals surface area contributed by atoms with E-state index in [9.17, 15) is 4.79 Å². The normalized spacial score (nSPS) is 18.9. The highest BCUT2D eigenvalue weighted by atomic mass is 16.5. The van der Waals surface area contributed by atoms with Gasteiger partial charge in [-0.15, -0.1) is 0 Å². The van der Waals surface area contributed by atoms with Gasteiger partial charge in [0.05, 0.1) is 13.2 Å². The lowest BCUT2D eigenvalue weighted by atomic mass is 10.1. The number of benzene rings is 1. The summed E-state index contributed by atoms with van der Waals surface area (Å²) in [5.41, 5.74) is 3.68. The number of fused-ring (bicyclic) bond motifs is 1. The van der Waals surface area contributed by atoms with Crippen LogP contribution in [-0.2, 0) is 16.0 Å². The van der Waals surface area contributed by atoms with Crippen molar-refractivity contribution in [2.24, 2.45) is 0 Å². The summed E-state index contributed by atoms with van der Waals surface area (Å²) in [6.07, 6.45) is 0.961. The van der Waals surface area contributed by atoms with Gasteiger partial charge in [0.25, 0.3) is 0 Å². The van der Waals surface area contributed by atoms with Gasteiger partial charge in [-0.05, 0) is 18.6 Å². The average molecular weight is 246 g/mol. The lowest BCUT2D eigenvalue weighted by Gasteiger charge is -2.30. The number of hydrogen-bond donors (Lipinski definition) is 0. The van der Waals surface area contributed by atoms with Crippen LogP contribution in [0.1, 0.15) is 12.5 Å². The fraction of sp³-hybridized carbons (Fsp3) is 0.500. The molecule has 18 heavy (non-hydrogen) atoms. The molecule has 0 aliphatic carbocycles. The van der Waals surface area contributed by atoms with E-state index in [-0.39, 0.29) is 5.91 Å². The molecule has 2 heterocycles. The number of amides is 1. The molecule has 0 spiro atoms. The monoisotopic (exact) mass is 246 g/mol. The van der Waals surface area contributed by atoms with E-state index in [0.717, 1.165) is 45.0 Å². The van der Waals surface area contributed by atoms with Crippen molar-refractivity contribution in [2.75, 3.05) is 42.6 Å². The number of carbonyl (C=O) groups is 1. The first-order valence-corrected chi connectivity index (χ1v) is 6.50. The summed E-state index contributed by atoms with van der Waals surface area (Å²) >= 11 is 0. The van der Waals surface area contributed by atoms with Crippen molar-refractivity contribution in [3.8, 4) is 0 Å². The SMILES string of the molecule is CC(=O)N1CCc2c(N3CCOCC3)cccc21. The maximum atomic E-state index is 11.6. The van der Waals surface area contributed by atoms with Crippen molar-refractivity contribution in [3.63, 3.8) is 0 Å². The highest BCUT2D eigenvalue weighted by molar-refractivity contribution is 5.95. The molecule has 0 atom stereocenters. The van der Waals surface area contributed by atoms with Crippen LogP contribution in [0.25, 0.3) is 0 Å². The lowest BCUT2D eigenvalue weighted by Crippen LogP contribution is -2.36. The van der Waals surface area contributed by atoms with E-state index in [1.54, 1.807) is 6.92 Å². The first-order valence-electron chi connectivity index (χ1n) is 6.50. The Morgan fingerprint density at radius 3 is 2.61 bits per heavy atom. The van der Waals surface area contributed by atoms with E-state index < -0.39 is 0 Å². The summed E-state index contributed by atoms with van der Waals surface area (Å²) in [5.74, 6) is 0.132. The maximum Gasteiger partial charge on any atom is 0.223 e. The third kappa shape index (κ3) is 1.86. The second kappa shape index (κ2) is 4.61. The van der Waals surface area contributed by atoms with Gasteiger partial charge >= 0.3 is 0 Å². The van der Waals surface area contributed by atoms with Crippen LogP contribution in [0.5, 0.6) is 0 Å². The summed E-state index contributed by atoms with van der Waals surface area (Å²) in [7, 11) is 0. The van der Waals surface area contributed by atoms with Crippen LogP contribution < -0.4 is 9.80 Å². The van der Waals surface area contributed by atoms with E-state index in [4.69, 9.17) is 4.74 Å². The minimum atomic E-state index is 0.132. The summed E-state index contributed by atoms with van der Waals surface area (Å²) in [4.78, 5) is 15.8. The van der Waals surface area contributed by atoms with Crippen molar-refractivity contribution in [2.45, 2.75) is 13.3 Å². The summed E-state index contributed by atoms with van der Waals surface area (Å²) in [6, 6.07) is 6.26. The van der Waals surface area contributed by atoms with Crippen LogP contribution in [0.3, 0.4) is 0 Å². The number of hydrogen-bond acceptors (Lipinski definition) is 3. The number of carbonyl (C=O) groups excluding carboxylic acids is 1. The van der Waals surface area contributed by atoms with Gasteiger partial charge in [-0.1, -0.05) is 6.07 Å². The number of rotatable bonds is 1. The molecule has 0 saturated carbocycles. The third-order valence-corrected chi connectivity index (χ3v) is 3.73. The molecule has 2 aliphatic heterocycles. The fourth-order valence-electron chi connectivity index (χ4n) is 2.84. The molecule has 0 radical (unpaired) electrons. The van der Waals surface area contributed by atoms with Crippen molar-refractivity contribution in [1.29, 1.82) is 0 Å². The predicted octanol–water partition coefficient (Wildman–Crippen LogP) is 1.43. The first kappa shape index (κ1) is 11.5. The minimum Gasteiger partial charge on any atom is -0.378 e. The smallest absolute Gasteiger partial charge is 0.223 e. The average Bonchev–Trinajstić information content (AvgIpc) is 2.83. The Hall–Kier alpha value is -1.55. The molecule has 96 valence electrons. The molecule has 3 rings (SSSR count). The number of nitrogens with zero attached hydrogens (tertiary/aromatic N) is 2. The molecule has 1 fully saturated rings. The van der Waals surface area contributed by atoms with Crippen LogP contribution >= 0.6 is 0 Å².